The second-order valence-corrected chi connectivity index (χ2v) is 6.56. The monoisotopic (exact) mass is 374 g/mol. The summed E-state index contributed by atoms with van der Waals surface area (Å²) in [6, 6.07) is 15.5. The van der Waals surface area contributed by atoms with E-state index in [1.54, 1.807) is 19.2 Å². The van der Waals surface area contributed by atoms with E-state index < -0.39 is 0 Å². The van der Waals surface area contributed by atoms with Gasteiger partial charge in [-0.15, -0.1) is 0 Å². The molecule has 0 fully saturated rings. The van der Waals surface area contributed by atoms with Gasteiger partial charge in [-0.25, -0.2) is 0 Å². The number of amides is 1. The van der Waals surface area contributed by atoms with Crippen LogP contribution in [0.4, 0.5) is 0 Å². The summed E-state index contributed by atoms with van der Waals surface area (Å²) < 4.78 is 5.35. The van der Waals surface area contributed by atoms with E-state index in [1.807, 2.05) is 30.3 Å². The zero-order valence-electron chi connectivity index (χ0n) is 15.7. The van der Waals surface area contributed by atoms with Gasteiger partial charge in [0.15, 0.2) is 0 Å². The van der Waals surface area contributed by atoms with Gasteiger partial charge in [0.2, 0.25) is 5.91 Å². The molecule has 2 rings (SSSR count). The SMILES string of the molecule is CCN(CC)C(CNC(=O)Cc1ccc(Cl)cc1)c1cccc(OC)c1. The fourth-order valence-corrected chi connectivity index (χ4v) is 3.16. The van der Waals surface area contributed by atoms with Crippen molar-refractivity contribution in [3.05, 3.63) is 64.7 Å². The maximum atomic E-state index is 12.4. The number of hydrogen-bond acceptors (Lipinski definition) is 3. The third kappa shape index (κ3) is 5.75. The number of likely N-dealkylation sites (N-methyl/N-ethyl adjacent to an activating group) is 1. The van der Waals surface area contributed by atoms with E-state index in [1.165, 1.54) is 0 Å². The van der Waals surface area contributed by atoms with Crippen molar-refractivity contribution in [3.8, 4) is 5.75 Å². The average Bonchev–Trinajstić information content (AvgIpc) is 2.67. The molecular formula is C21H27ClN2O2. The van der Waals surface area contributed by atoms with Crippen LogP contribution in [0.2, 0.25) is 5.02 Å². The van der Waals surface area contributed by atoms with Crippen molar-refractivity contribution in [3.63, 3.8) is 0 Å². The van der Waals surface area contributed by atoms with Crippen molar-refractivity contribution in [1.82, 2.24) is 10.2 Å². The second-order valence-electron chi connectivity index (χ2n) is 6.12. The molecule has 0 saturated carbocycles. The molecule has 1 unspecified atom stereocenters. The number of ether oxygens (including phenoxy) is 1. The van der Waals surface area contributed by atoms with Crippen molar-refractivity contribution < 1.29 is 9.53 Å². The molecular weight excluding hydrogens is 348 g/mol. The Morgan fingerprint density at radius 3 is 2.46 bits per heavy atom. The first-order valence-corrected chi connectivity index (χ1v) is 9.34. The topological polar surface area (TPSA) is 41.6 Å². The van der Waals surface area contributed by atoms with Gasteiger partial charge in [-0.3, -0.25) is 9.69 Å². The highest BCUT2D eigenvalue weighted by Gasteiger charge is 2.19. The lowest BCUT2D eigenvalue weighted by molar-refractivity contribution is -0.120. The molecule has 26 heavy (non-hydrogen) atoms. The van der Waals surface area contributed by atoms with Gasteiger partial charge in [0.25, 0.3) is 0 Å². The largest absolute Gasteiger partial charge is 0.497 e. The van der Waals surface area contributed by atoms with Crippen molar-refractivity contribution in [2.24, 2.45) is 0 Å². The molecule has 2 aromatic carbocycles. The van der Waals surface area contributed by atoms with Crippen LogP contribution >= 0.6 is 11.6 Å². The van der Waals surface area contributed by atoms with E-state index in [-0.39, 0.29) is 11.9 Å². The molecule has 5 heteroatoms. The molecule has 0 aliphatic carbocycles. The lowest BCUT2D eigenvalue weighted by atomic mass is 10.0. The molecule has 0 aliphatic heterocycles. The van der Waals surface area contributed by atoms with Crippen LogP contribution in [0.5, 0.6) is 5.75 Å². The van der Waals surface area contributed by atoms with E-state index in [2.05, 4.69) is 30.1 Å². The van der Waals surface area contributed by atoms with Gasteiger partial charge in [0.05, 0.1) is 19.6 Å². The smallest absolute Gasteiger partial charge is 0.224 e. The summed E-state index contributed by atoms with van der Waals surface area (Å²) in [6.07, 6.45) is 0.347. The Bertz CT molecular complexity index is 699. The maximum absolute atomic E-state index is 12.4. The van der Waals surface area contributed by atoms with Gasteiger partial charge in [-0.1, -0.05) is 49.7 Å². The maximum Gasteiger partial charge on any atom is 0.224 e. The Labute approximate surface area is 161 Å². The summed E-state index contributed by atoms with van der Waals surface area (Å²) in [5, 5.41) is 3.75. The highest BCUT2D eigenvalue weighted by atomic mass is 35.5. The quantitative estimate of drug-likeness (QED) is 0.718. The number of carbonyl (C=O) groups excluding carboxylic acids is 1. The van der Waals surface area contributed by atoms with Gasteiger partial charge in [-0.05, 0) is 48.5 Å². The van der Waals surface area contributed by atoms with Crippen LogP contribution in [0.15, 0.2) is 48.5 Å². The van der Waals surface area contributed by atoms with Crippen LogP contribution in [0, 0.1) is 0 Å². The van der Waals surface area contributed by atoms with Crippen molar-refractivity contribution in [2.45, 2.75) is 26.3 Å². The fourth-order valence-electron chi connectivity index (χ4n) is 3.03. The van der Waals surface area contributed by atoms with Crippen molar-refractivity contribution in [2.75, 3.05) is 26.7 Å². The Morgan fingerprint density at radius 1 is 1.15 bits per heavy atom. The molecule has 4 nitrogen and oxygen atoms in total. The summed E-state index contributed by atoms with van der Waals surface area (Å²) in [5.74, 6) is 0.833. The first kappa shape index (κ1) is 20.3. The molecule has 0 spiro atoms. The molecule has 0 aromatic heterocycles. The number of hydrogen-bond donors (Lipinski definition) is 1. The molecule has 2 aromatic rings. The van der Waals surface area contributed by atoms with Gasteiger partial charge in [0, 0.05) is 11.6 Å². The summed E-state index contributed by atoms with van der Waals surface area (Å²) in [6.45, 7) is 6.64. The zero-order chi connectivity index (χ0) is 18.9. The van der Waals surface area contributed by atoms with E-state index in [4.69, 9.17) is 16.3 Å². The average molecular weight is 375 g/mol. The molecule has 0 heterocycles. The van der Waals surface area contributed by atoms with Crippen LogP contribution in [-0.2, 0) is 11.2 Å². The summed E-state index contributed by atoms with van der Waals surface area (Å²) in [4.78, 5) is 14.7. The minimum atomic E-state index is 0.00683. The highest BCUT2D eigenvalue weighted by Crippen LogP contribution is 2.23. The number of rotatable bonds is 9. The zero-order valence-corrected chi connectivity index (χ0v) is 16.4. The third-order valence-corrected chi connectivity index (χ3v) is 4.75. The van der Waals surface area contributed by atoms with Crippen LogP contribution in [0.25, 0.3) is 0 Å². The van der Waals surface area contributed by atoms with Gasteiger partial charge >= 0.3 is 0 Å². The fraction of sp³-hybridized carbons (Fsp3) is 0.381. The van der Waals surface area contributed by atoms with E-state index >= 15 is 0 Å². The molecule has 0 aliphatic rings. The molecule has 0 saturated heterocycles. The summed E-state index contributed by atoms with van der Waals surface area (Å²) in [5.41, 5.74) is 2.09. The Kier molecular flexibility index (Phi) is 7.95. The van der Waals surface area contributed by atoms with Crippen LogP contribution in [0.1, 0.15) is 31.0 Å². The number of nitrogens with zero attached hydrogens (tertiary/aromatic N) is 1. The van der Waals surface area contributed by atoms with E-state index in [9.17, 15) is 4.79 Å². The highest BCUT2D eigenvalue weighted by molar-refractivity contribution is 6.30. The number of benzene rings is 2. The minimum absolute atomic E-state index is 0.00683. The van der Waals surface area contributed by atoms with Gasteiger partial charge in [-0.2, -0.15) is 0 Å². The molecule has 1 atom stereocenters. The molecule has 0 radical (unpaired) electrons. The lowest BCUT2D eigenvalue weighted by Gasteiger charge is -2.30. The van der Waals surface area contributed by atoms with Gasteiger partial charge in [0.1, 0.15) is 5.75 Å². The standard InChI is InChI=1S/C21H27ClN2O2/c1-4-24(5-2)20(17-7-6-8-19(14-17)26-3)15-23-21(25)13-16-9-11-18(22)12-10-16/h6-12,14,20H,4-5,13,15H2,1-3H3,(H,23,25). The summed E-state index contributed by atoms with van der Waals surface area (Å²) in [7, 11) is 1.67. The van der Waals surface area contributed by atoms with E-state index in [0.717, 1.165) is 30.0 Å². The van der Waals surface area contributed by atoms with Crippen molar-refractivity contribution in [1.29, 1.82) is 0 Å². The number of carbonyl (C=O) groups is 1. The lowest BCUT2D eigenvalue weighted by Crippen LogP contribution is -2.38. The van der Waals surface area contributed by atoms with Crippen LogP contribution in [0.3, 0.4) is 0 Å². The van der Waals surface area contributed by atoms with Crippen molar-refractivity contribution >= 4 is 17.5 Å². The Morgan fingerprint density at radius 2 is 1.85 bits per heavy atom. The molecule has 1 amide bonds. The van der Waals surface area contributed by atoms with E-state index in [0.29, 0.717) is 18.0 Å². The first-order chi connectivity index (χ1) is 12.6. The summed E-state index contributed by atoms with van der Waals surface area (Å²) >= 11 is 5.89. The predicted octanol–water partition coefficient (Wildman–Crippen LogP) is 4.09. The number of nitrogens with one attached hydrogen (secondary N) is 1. The molecule has 140 valence electrons. The van der Waals surface area contributed by atoms with Gasteiger partial charge < -0.3 is 10.1 Å². The van der Waals surface area contributed by atoms with Crippen LogP contribution < -0.4 is 10.1 Å². The molecule has 1 N–H and O–H groups in total. The predicted molar refractivity (Wildman–Crippen MR) is 107 cm³/mol. The Hall–Kier alpha value is -2.04. The van der Waals surface area contributed by atoms with Crippen LogP contribution in [-0.4, -0.2) is 37.6 Å². The second kappa shape index (κ2) is 10.2. The minimum Gasteiger partial charge on any atom is -0.497 e. The number of methoxy groups -OCH3 is 1. The Balaban J connectivity index is 2.06. The molecule has 0 bridgehead atoms. The third-order valence-electron chi connectivity index (χ3n) is 4.50. The normalized spacial score (nSPS) is 12.0. The first-order valence-electron chi connectivity index (χ1n) is 8.96. The number of halogens is 1.